The van der Waals surface area contributed by atoms with Gasteiger partial charge < -0.3 is 5.73 Å². The van der Waals surface area contributed by atoms with E-state index in [4.69, 9.17) is 11.0 Å². The standard InChI is InChI=1S/C14H11N3O3/c1-8(16)11(6-15)12(18)7-17-13(19)9-4-2-3-5-10(9)14(17)20/h2-5H,7,16H2,1H3/b11-8+. The lowest BCUT2D eigenvalue weighted by atomic mass is 10.1. The molecule has 1 aliphatic rings. The molecule has 0 aromatic heterocycles. The van der Waals surface area contributed by atoms with Gasteiger partial charge in [-0.3, -0.25) is 19.3 Å². The molecule has 2 N–H and O–H groups in total. The third-order valence-electron chi connectivity index (χ3n) is 2.96. The largest absolute Gasteiger partial charge is 0.401 e. The fourth-order valence-corrected chi connectivity index (χ4v) is 1.98. The number of amides is 2. The molecule has 6 nitrogen and oxygen atoms in total. The number of benzene rings is 1. The second kappa shape index (κ2) is 4.97. The summed E-state index contributed by atoms with van der Waals surface area (Å²) in [6.45, 7) is 0.933. The first-order valence-electron chi connectivity index (χ1n) is 5.82. The molecule has 2 rings (SSSR count). The van der Waals surface area contributed by atoms with Crippen LogP contribution in [0.2, 0.25) is 0 Å². The minimum absolute atomic E-state index is 0.0640. The minimum atomic E-state index is -0.651. The maximum absolute atomic E-state index is 12.0. The van der Waals surface area contributed by atoms with Crippen molar-refractivity contribution in [1.29, 1.82) is 5.26 Å². The van der Waals surface area contributed by atoms with Gasteiger partial charge in [-0.25, -0.2) is 0 Å². The van der Waals surface area contributed by atoms with Crippen LogP contribution in [0.1, 0.15) is 27.6 Å². The first-order chi connectivity index (χ1) is 9.47. The highest BCUT2D eigenvalue weighted by Crippen LogP contribution is 2.22. The Labute approximate surface area is 115 Å². The van der Waals surface area contributed by atoms with Gasteiger partial charge in [0.1, 0.15) is 11.6 Å². The van der Waals surface area contributed by atoms with Crippen molar-refractivity contribution in [3.05, 3.63) is 46.7 Å². The predicted molar refractivity (Wildman–Crippen MR) is 69.3 cm³/mol. The molecular weight excluding hydrogens is 258 g/mol. The molecule has 0 bridgehead atoms. The Morgan fingerprint density at radius 3 is 2.15 bits per heavy atom. The number of rotatable bonds is 3. The molecule has 100 valence electrons. The fourth-order valence-electron chi connectivity index (χ4n) is 1.98. The van der Waals surface area contributed by atoms with Crippen molar-refractivity contribution in [2.75, 3.05) is 6.54 Å². The second-order valence-electron chi connectivity index (χ2n) is 4.34. The van der Waals surface area contributed by atoms with Crippen LogP contribution in [0.4, 0.5) is 0 Å². The number of nitrogens with zero attached hydrogens (tertiary/aromatic N) is 2. The van der Waals surface area contributed by atoms with Crippen molar-refractivity contribution in [3.8, 4) is 6.07 Å². The molecule has 0 aliphatic carbocycles. The van der Waals surface area contributed by atoms with Crippen molar-refractivity contribution < 1.29 is 14.4 Å². The molecule has 0 spiro atoms. The van der Waals surface area contributed by atoms with Crippen LogP contribution in [0.25, 0.3) is 0 Å². The van der Waals surface area contributed by atoms with E-state index in [-0.39, 0.29) is 22.4 Å². The van der Waals surface area contributed by atoms with Gasteiger partial charge in [-0.1, -0.05) is 12.1 Å². The smallest absolute Gasteiger partial charge is 0.261 e. The Hall–Kier alpha value is -2.94. The molecule has 0 fully saturated rings. The zero-order valence-electron chi connectivity index (χ0n) is 10.7. The first kappa shape index (κ1) is 13.5. The second-order valence-corrected chi connectivity index (χ2v) is 4.34. The van der Waals surface area contributed by atoms with E-state index in [2.05, 4.69) is 0 Å². The van der Waals surface area contributed by atoms with Gasteiger partial charge in [0.25, 0.3) is 11.8 Å². The number of carbonyl (C=O) groups is 3. The molecular formula is C14H11N3O3. The highest BCUT2D eigenvalue weighted by Gasteiger charge is 2.36. The van der Waals surface area contributed by atoms with E-state index in [1.54, 1.807) is 18.2 Å². The van der Waals surface area contributed by atoms with Gasteiger partial charge in [0.15, 0.2) is 5.78 Å². The number of ketones is 1. The average Bonchev–Trinajstić information content (AvgIpc) is 2.65. The maximum Gasteiger partial charge on any atom is 0.261 e. The summed E-state index contributed by atoms with van der Waals surface area (Å²) in [5.41, 5.74) is 5.78. The summed E-state index contributed by atoms with van der Waals surface area (Å²) >= 11 is 0. The van der Waals surface area contributed by atoms with E-state index in [0.717, 1.165) is 4.90 Å². The molecule has 0 unspecified atom stereocenters. The number of hydrogen-bond acceptors (Lipinski definition) is 5. The number of carbonyl (C=O) groups excluding carboxylic acids is 3. The minimum Gasteiger partial charge on any atom is -0.401 e. The molecule has 1 aromatic carbocycles. The van der Waals surface area contributed by atoms with Gasteiger partial charge >= 0.3 is 0 Å². The van der Waals surface area contributed by atoms with Crippen molar-refractivity contribution in [3.63, 3.8) is 0 Å². The Morgan fingerprint density at radius 2 is 1.75 bits per heavy atom. The summed E-state index contributed by atoms with van der Waals surface area (Å²) in [6, 6.07) is 8.01. The normalized spacial score (nSPS) is 14.7. The maximum atomic E-state index is 12.0. The average molecular weight is 269 g/mol. The zero-order valence-corrected chi connectivity index (χ0v) is 10.7. The molecule has 0 saturated carbocycles. The number of nitrogens with two attached hydrogens (primary N) is 1. The Kier molecular flexibility index (Phi) is 3.36. The van der Waals surface area contributed by atoms with E-state index in [1.807, 2.05) is 0 Å². The lowest BCUT2D eigenvalue weighted by molar-refractivity contribution is -0.115. The molecule has 2 amide bonds. The molecule has 0 radical (unpaired) electrons. The van der Waals surface area contributed by atoms with E-state index in [1.165, 1.54) is 19.1 Å². The van der Waals surface area contributed by atoms with Crippen LogP contribution in [0, 0.1) is 11.3 Å². The van der Waals surface area contributed by atoms with Crippen molar-refractivity contribution >= 4 is 17.6 Å². The summed E-state index contributed by atoms with van der Waals surface area (Å²) in [5.74, 6) is -1.72. The topological polar surface area (TPSA) is 104 Å². The summed E-state index contributed by atoms with van der Waals surface area (Å²) in [7, 11) is 0. The van der Waals surface area contributed by atoms with Crippen molar-refractivity contribution in [2.45, 2.75) is 6.92 Å². The van der Waals surface area contributed by atoms with Gasteiger partial charge in [-0.05, 0) is 19.1 Å². The molecule has 0 saturated heterocycles. The lowest BCUT2D eigenvalue weighted by Gasteiger charge is -2.12. The highest BCUT2D eigenvalue weighted by molar-refractivity contribution is 6.23. The summed E-state index contributed by atoms with van der Waals surface area (Å²) in [5, 5.41) is 8.85. The van der Waals surface area contributed by atoms with Gasteiger partial charge in [0, 0.05) is 5.70 Å². The molecule has 1 aromatic rings. The number of Topliss-reactive ketones (excluding diaryl/α,β-unsaturated/α-hetero) is 1. The molecule has 0 atom stereocenters. The molecule has 1 aliphatic heterocycles. The van der Waals surface area contributed by atoms with Gasteiger partial charge in [0.05, 0.1) is 17.7 Å². The van der Waals surface area contributed by atoms with Crippen molar-refractivity contribution in [1.82, 2.24) is 4.90 Å². The van der Waals surface area contributed by atoms with Crippen LogP contribution < -0.4 is 5.73 Å². The summed E-state index contributed by atoms with van der Waals surface area (Å²) in [6.07, 6.45) is 0. The molecule has 1 heterocycles. The van der Waals surface area contributed by atoms with E-state index >= 15 is 0 Å². The summed E-state index contributed by atoms with van der Waals surface area (Å²) < 4.78 is 0. The number of allylic oxidation sites excluding steroid dienone is 1. The van der Waals surface area contributed by atoms with Gasteiger partial charge in [0.2, 0.25) is 0 Å². The fraction of sp³-hybridized carbons (Fsp3) is 0.143. The van der Waals surface area contributed by atoms with Crippen LogP contribution >= 0.6 is 0 Å². The number of fused-ring (bicyclic) bond motifs is 1. The van der Waals surface area contributed by atoms with E-state index < -0.39 is 24.1 Å². The van der Waals surface area contributed by atoms with Crippen molar-refractivity contribution in [2.24, 2.45) is 5.73 Å². The quantitative estimate of drug-likeness (QED) is 0.491. The number of nitriles is 1. The number of hydrogen-bond donors (Lipinski definition) is 1. The highest BCUT2D eigenvalue weighted by atomic mass is 16.2. The monoisotopic (exact) mass is 269 g/mol. The lowest BCUT2D eigenvalue weighted by Crippen LogP contribution is -2.35. The van der Waals surface area contributed by atoms with Crippen LogP contribution in [-0.4, -0.2) is 29.0 Å². The Balaban J connectivity index is 2.29. The van der Waals surface area contributed by atoms with E-state index in [0.29, 0.717) is 0 Å². The van der Waals surface area contributed by atoms with Gasteiger partial charge in [-0.2, -0.15) is 5.26 Å². The SMILES string of the molecule is C/C(N)=C(/C#N)C(=O)CN1C(=O)c2ccccc2C1=O. The van der Waals surface area contributed by atoms with Gasteiger partial charge in [-0.15, -0.1) is 0 Å². The number of imide groups is 1. The first-order valence-corrected chi connectivity index (χ1v) is 5.82. The van der Waals surface area contributed by atoms with Crippen LogP contribution in [0.15, 0.2) is 35.5 Å². The third kappa shape index (κ3) is 2.06. The Bertz CT molecular complexity index is 659. The van der Waals surface area contributed by atoms with E-state index in [9.17, 15) is 14.4 Å². The van der Waals surface area contributed by atoms with Crippen LogP contribution in [-0.2, 0) is 4.79 Å². The zero-order chi connectivity index (χ0) is 14.9. The molecule has 20 heavy (non-hydrogen) atoms. The molecule has 6 heteroatoms. The predicted octanol–water partition coefficient (Wildman–Crippen LogP) is 0.608. The van der Waals surface area contributed by atoms with Crippen LogP contribution in [0.3, 0.4) is 0 Å². The third-order valence-corrected chi connectivity index (χ3v) is 2.96. The van der Waals surface area contributed by atoms with Crippen LogP contribution in [0.5, 0.6) is 0 Å². The Morgan fingerprint density at radius 1 is 1.25 bits per heavy atom. The summed E-state index contributed by atoms with van der Waals surface area (Å²) in [4.78, 5) is 36.8.